The van der Waals surface area contributed by atoms with Gasteiger partial charge in [-0.15, -0.1) is 0 Å². The van der Waals surface area contributed by atoms with Crippen molar-refractivity contribution in [3.8, 4) is 28.4 Å². The molecular weight excluding hydrogens is 448 g/mol. The van der Waals surface area contributed by atoms with E-state index in [9.17, 15) is 9.59 Å². The van der Waals surface area contributed by atoms with Gasteiger partial charge in [-0.25, -0.2) is 15.3 Å². The van der Waals surface area contributed by atoms with Crippen LogP contribution in [0.3, 0.4) is 0 Å². The van der Waals surface area contributed by atoms with Crippen molar-refractivity contribution in [2.45, 2.75) is 6.23 Å². The Bertz CT molecular complexity index is 1340. The molecular formula is C25H22N6O4. The van der Waals surface area contributed by atoms with Gasteiger partial charge in [0.05, 0.1) is 11.4 Å². The van der Waals surface area contributed by atoms with Gasteiger partial charge in [-0.1, -0.05) is 60.7 Å². The number of nitrogens with one attached hydrogen (secondary N) is 2. The normalized spacial score (nSPS) is 14.3. The van der Waals surface area contributed by atoms with Crippen LogP contribution in [-0.2, 0) is 0 Å². The number of hydrogen-bond donors (Lipinski definition) is 3. The largest absolute Gasteiger partial charge is 0.484 e. The van der Waals surface area contributed by atoms with E-state index in [0.717, 1.165) is 10.6 Å². The molecule has 3 aromatic carbocycles. The summed E-state index contributed by atoms with van der Waals surface area (Å²) in [5.74, 6) is 5.76. The first-order chi connectivity index (χ1) is 17.1. The molecule has 0 spiro atoms. The fraction of sp³-hybridized carbons (Fsp3) is 0.0800. The Balaban J connectivity index is 1.49. The maximum Gasteiger partial charge on any atom is 0.353 e. The Morgan fingerprint density at radius 1 is 0.943 bits per heavy atom. The number of hydrogen-bond acceptors (Lipinski definition) is 7. The summed E-state index contributed by atoms with van der Waals surface area (Å²) in [6.07, 6.45) is -0.826. The lowest BCUT2D eigenvalue weighted by atomic mass is 10.1. The summed E-state index contributed by atoms with van der Waals surface area (Å²) in [5, 5.41) is 5.40. The number of nitrogens with zero attached hydrogens (tertiary/aromatic N) is 3. The number of amides is 3. The van der Waals surface area contributed by atoms with Gasteiger partial charge in [-0.2, -0.15) is 15.5 Å². The van der Waals surface area contributed by atoms with Crippen molar-refractivity contribution < 1.29 is 19.1 Å². The summed E-state index contributed by atoms with van der Waals surface area (Å²) in [6.45, 7) is 0.0614. The van der Waals surface area contributed by atoms with E-state index in [1.807, 2.05) is 72.2 Å². The van der Waals surface area contributed by atoms with Crippen molar-refractivity contribution in [1.29, 1.82) is 0 Å². The van der Waals surface area contributed by atoms with Gasteiger partial charge < -0.3 is 9.47 Å². The zero-order valence-electron chi connectivity index (χ0n) is 18.5. The Hall–Kier alpha value is -4.67. The molecule has 0 saturated carbocycles. The number of carbonyl (C=O) groups is 2. The van der Waals surface area contributed by atoms with E-state index in [1.54, 1.807) is 24.3 Å². The van der Waals surface area contributed by atoms with Gasteiger partial charge >= 0.3 is 6.03 Å². The lowest BCUT2D eigenvalue weighted by Crippen LogP contribution is -2.59. The molecule has 1 atom stereocenters. The summed E-state index contributed by atoms with van der Waals surface area (Å²) in [5.41, 5.74) is 6.95. The lowest BCUT2D eigenvalue weighted by molar-refractivity contribution is 0.0153. The maximum atomic E-state index is 13.7. The van der Waals surface area contributed by atoms with Crippen LogP contribution in [0, 0.1) is 0 Å². The minimum Gasteiger partial charge on any atom is -0.484 e. The second-order valence-corrected chi connectivity index (χ2v) is 7.61. The van der Waals surface area contributed by atoms with Crippen molar-refractivity contribution in [2.75, 3.05) is 6.61 Å². The van der Waals surface area contributed by atoms with Gasteiger partial charge in [0.15, 0.2) is 11.5 Å². The third kappa shape index (κ3) is 4.56. The Labute approximate surface area is 200 Å². The molecule has 5 rings (SSSR count). The highest BCUT2D eigenvalue weighted by Crippen LogP contribution is 2.30. The molecule has 1 aliphatic rings. The zero-order chi connectivity index (χ0) is 24.2. The van der Waals surface area contributed by atoms with Crippen molar-refractivity contribution in [1.82, 2.24) is 25.6 Å². The molecule has 35 heavy (non-hydrogen) atoms. The predicted octanol–water partition coefficient (Wildman–Crippen LogP) is 2.87. The Morgan fingerprint density at radius 2 is 1.60 bits per heavy atom. The number of nitrogens with two attached hydrogens (primary N) is 1. The summed E-state index contributed by atoms with van der Waals surface area (Å²) in [4.78, 5) is 26.3. The summed E-state index contributed by atoms with van der Waals surface area (Å²) in [6, 6.07) is 26.5. The molecule has 3 amide bonds. The predicted molar refractivity (Wildman–Crippen MR) is 127 cm³/mol. The quantitative estimate of drug-likeness (QED) is 0.233. The Morgan fingerprint density at radius 3 is 2.31 bits per heavy atom. The van der Waals surface area contributed by atoms with Crippen LogP contribution in [0.5, 0.6) is 11.5 Å². The zero-order valence-corrected chi connectivity index (χ0v) is 18.5. The number of aromatic nitrogens is 2. The maximum absolute atomic E-state index is 13.7. The molecule has 0 saturated heterocycles. The Kier molecular flexibility index (Phi) is 6.12. The summed E-state index contributed by atoms with van der Waals surface area (Å²) in [7, 11) is 0. The van der Waals surface area contributed by atoms with Crippen LogP contribution >= 0.6 is 0 Å². The van der Waals surface area contributed by atoms with Crippen LogP contribution in [0.15, 0.2) is 91.0 Å². The molecule has 0 fully saturated rings. The number of imide groups is 1. The van der Waals surface area contributed by atoms with Crippen LogP contribution in [0.4, 0.5) is 4.79 Å². The van der Waals surface area contributed by atoms with E-state index in [4.69, 9.17) is 15.3 Å². The highest BCUT2D eigenvalue weighted by molar-refractivity contribution is 6.03. The third-order valence-corrected chi connectivity index (χ3v) is 5.31. The number of fused-ring (bicyclic) bond motifs is 1. The van der Waals surface area contributed by atoms with Gasteiger partial charge in [0.25, 0.3) is 5.91 Å². The molecule has 4 aromatic rings. The van der Waals surface area contributed by atoms with Crippen molar-refractivity contribution in [3.63, 3.8) is 0 Å². The number of ether oxygens (including phenoxy) is 2. The van der Waals surface area contributed by atoms with Crippen LogP contribution in [0.25, 0.3) is 16.9 Å². The first-order valence-corrected chi connectivity index (χ1v) is 10.8. The van der Waals surface area contributed by atoms with E-state index < -0.39 is 18.2 Å². The third-order valence-electron chi connectivity index (χ3n) is 5.31. The van der Waals surface area contributed by atoms with E-state index in [1.165, 1.54) is 4.68 Å². The number of rotatable bonds is 5. The monoisotopic (exact) mass is 470 g/mol. The average molecular weight is 470 g/mol. The molecule has 1 aliphatic heterocycles. The molecule has 176 valence electrons. The molecule has 0 unspecified atom stereocenters. The minimum atomic E-state index is -0.875. The first kappa shape index (κ1) is 22.1. The summed E-state index contributed by atoms with van der Waals surface area (Å²) < 4.78 is 13.0. The molecule has 10 nitrogen and oxygen atoms in total. The SMILES string of the molecule is NNC(=O)N(N[C@@H]1COc2ccccc2O1)C(=O)c1cc(-c2ccccc2)nn1-c1ccccc1. The fourth-order valence-electron chi connectivity index (χ4n) is 3.67. The van der Waals surface area contributed by atoms with E-state index in [-0.39, 0.29) is 12.3 Å². The summed E-state index contributed by atoms with van der Waals surface area (Å²) >= 11 is 0. The van der Waals surface area contributed by atoms with Gasteiger partial charge in [0.1, 0.15) is 12.3 Å². The van der Waals surface area contributed by atoms with E-state index in [0.29, 0.717) is 22.9 Å². The van der Waals surface area contributed by atoms with Gasteiger partial charge in [0, 0.05) is 5.56 Å². The number of urea groups is 1. The highest BCUT2D eigenvalue weighted by atomic mass is 16.6. The van der Waals surface area contributed by atoms with Crippen LogP contribution < -0.4 is 26.2 Å². The standard InChI is InChI=1S/C25H22N6O4/c26-27-25(33)31(29-23-16-34-21-13-7-8-14-22(21)35-23)24(32)20-15-19(17-9-3-1-4-10-17)28-30(20)18-11-5-2-6-12-18/h1-15,23,29H,16,26H2,(H,27,33)/t23-/m0/s1. The van der Waals surface area contributed by atoms with Crippen LogP contribution in [0.1, 0.15) is 10.5 Å². The van der Waals surface area contributed by atoms with Gasteiger partial charge in [-0.05, 0) is 30.3 Å². The van der Waals surface area contributed by atoms with Crippen LogP contribution in [-0.4, -0.2) is 39.6 Å². The minimum absolute atomic E-state index is 0.0614. The van der Waals surface area contributed by atoms with Crippen molar-refractivity contribution in [3.05, 3.63) is 96.7 Å². The molecule has 0 aliphatic carbocycles. The molecule has 1 aromatic heterocycles. The first-order valence-electron chi connectivity index (χ1n) is 10.8. The fourth-order valence-corrected chi connectivity index (χ4v) is 3.67. The van der Waals surface area contributed by atoms with Gasteiger partial charge in [0.2, 0.25) is 6.23 Å². The second-order valence-electron chi connectivity index (χ2n) is 7.61. The molecule has 0 radical (unpaired) electrons. The topological polar surface area (TPSA) is 124 Å². The second kappa shape index (κ2) is 9.67. The number of hydrazine groups is 2. The highest BCUT2D eigenvalue weighted by Gasteiger charge is 2.32. The van der Waals surface area contributed by atoms with Gasteiger partial charge in [-0.3, -0.25) is 10.2 Å². The molecule has 2 heterocycles. The number of carbonyl (C=O) groups excluding carboxylic acids is 2. The molecule has 10 heteroatoms. The van der Waals surface area contributed by atoms with Crippen LogP contribution in [0.2, 0.25) is 0 Å². The average Bonchev–Trinajstić information content (AvgIpc) is 3.37. The smallest absolute Gasteiger partial charge is 0.353 e. The molecule has 0 bridgehead atoms. The van der Waals surface area contributed by atoms with Crippen molar-refractivity contribution >= 4 is 11.9 Å². The van der Waals surface area contributed by atoms with E-state index >= 15 is 0 Å². The van der Waals surface area contributed by atoms with Crippen molar-refractivity contribution in [2.24, 2.45) is 5.84 Å². The van der Waals surface area contributed by atoms with E-state index in [2.05, 4.69) is 10.5 Å². The lowest BCUT2D eigenvalue weighted by Gasteiger charge is -2.31. The number of para-hydroxylation sites is 3. The number of benzene rings is 3. The molecule has 4 N–H and O–H groups in total.